The summed E-state index contributed by atoms with van der Waals surface area (Å²) in [6.45, 7) is 8.15. The molecule has 0 aromatic heterocycles. The number of aliphatic hydroxyl groups excluding tert-OH is 1. The molecule has 0 heterocycles. The molecule has 1 aromatic carbocycles. The fourth-order valence-corrected chi connectivity index (χ4v) is 3.69. The lowest BCUT2D eigenvalue weighted by atomic mass is 9.97. The van der Waals surface area contributed by atoms with Crippen molar-refractivity contribution in [1.82, 2.24) is 4.90 Å². The monoisotopic (exact) mass is 392 g/mol. The van der Waals surface area contributed by atoms with Crippen LogP contribution in [0.25, 0.3) is 0 Å². The quantitative estimate of drug-likeness (QED) is 0.719. The second kappa shape index (κ2) is 7.62. The molecule has 1 aromatic rings. The van der Waals surface area contributed by atoms with E-state index in [2.05, 4.69) is 57.5 Å². The first-order valence-corrected chi connectivity index (χ1v) is 8.21. The van der Waals surface area contributed by atoms with Gasteiger partial charge in [0.05, 0.1) is 11.8 Å². The molecule has 1 rings (SSSR count). The van der Waals surface area contributed by atoms with Crippen molar-refractivity contribution in [2.24, 2.45) is 0 Å². The van der Waals surface area contributed by atoms with Gasteiger partial charge in [-0.2, -0.15) is 0 Å². The highest BCUT2D eigenvalue weighted by Crippen LogP contribution is 2.35. The molecule has 0 aliphatic heterocycles. The third-order valence-corrected chi connectivity index (χ3v) is 4.62. The van der Waals surface area contributed by atoms with Gasteiger partial charge >= 0.3 is 0 Å². The summed E-state index contributed by atoms with van der Waals surface area (Å²) in [6.07, 6.45) is 0.297. The third kappa shape index (κ3) is 3.94. The van der Waals surface area contributed by atoms with Crippen LogP contribution in [0.2, 0.25) is 0 Å². The third-order valence-electron chi connectivity index (χ3n) is 3.51. The van der Waals surface area contributed by atoms with E-state index >= 15 is 0 Å². The Morgan fingerprint density at radius 1 is 1.21 bits per heavy atom. The standard InChI is InChI=1S/C14H22Br2N2O/c1-4-12(18(5-2)6-3)14(19)10-7-9(15)8-11(16)13(10)17/h7-8,12,14,19H,4-6,17H2,1-3H3. The lowest BCUT2D eigenvalue weighted by Crippen LogP contribution is -2.39. The Balaban J connectivity index is 3.13. The minimum Gasteiger partial charge on any atom is -0.398 e. The first kappa shape index (κ1) is 17.0. The number of hydrogen-bond acceptors (Lipinski definition) is 3. The zero-order valence-corrected chi connectivity index (χ0v) is 14.8. The van der Waals surface area contributed by atoms with Gasteiger partial charge in [0.15, 0.2) is 0 Å². The maximum atomic E-state index is 10.7. The van der Waals surface area contributed by atoms with Crippen LogP contribution in [0.5, 0.6) is 0 Å². The molecule has 3 nitrogen and oxygen atoms in total. The molecule has 0 amide bonds. The lowest BCUT2D eigenvalue weighted by Gasteiger charge is -2.33. The van der Waals surface area contributed by atoms with Crippen molar-refractivity contribution in [2.75, 3.05) is 18.8 Å². The van der Waals surface area contributed by atoms with Crippen LogP contribution in [-0.4, -0.2) is 29.1 Å². The number of aliphatic hydroxyl groups is 1. The second-order valence-corrected chi connectivity index (χ2v) is 6.30. The average Bonchev–Trinajstić information content (AvgIpc) is 2.39. The molecule has 19 heavy (non-hydrogen) atoms. The molecule has 0 aliphatic carbocycles. The fraction of sp³-hybridized carbons (Fsp3) is 0.571. The molecule has 0 aliphatic rings. The Labute approximate surface area is 132 Å². The average molecular weight is 394 g/mol. The van der Waals surface area contributed by atoms with Crippen LogP contribution in [0.4, 0.5) is 5.69 Å². The molecule has 0 saturated heterocycles. The topological polar surface area (TPSA) is 49.5 Å². The van der Waals surface area contributed by atoms with E-state index in [1.54, 1.807) is 0 Å². The molecule has 3 N–H and O–H groups in total. The molecule has 5 heteroatoms. The summed E-state index contributed by atoms with van der Waals surface area (Å²) in [5, 5.41) is 10.7. The molecule has 0 bridgehead atoms. The summed E-state index contributed by atoms with van der Waals surface area (Å²) in [4.78, 5) is 2.26. The Kier molecular flexibility index (Phi) is 6.80. The number of likely N-dealkylation sites (N-methyl/N-ethyl adjacent to an activating group) is 1. The summed E-state index contributed by atoms with van der Waals surface area (Å²) in [5.41, 5.74) is 7.47. The minimum atomic E-state index is -0.585. The number of nitrogens with zero attached hydrogens (tertiary/aromatic N) is 1. The van der Waals surface area contributed by atoms with Gasteiger partial charge in [0.2, 0.25) is 0 Å². The van der Waals surface area contributed by atoms with E-state index in [4.69, 9.17) is 5.73 Å². The zero-order chi connectivity index (χ0) is 14.6. The van der Waals surface area contributed by atoms with Gasteiger partial charge in [-0.05, 0) is 47.6 Å². The molecule has 0 fully saturated rings. The normalized spacial score (nSPS) is 14.7. The first-order valence-electron chi connectivity index (χ1n) is 6.62. The van der Waals surface area contributed by atoms with E-state index in [9.17, 15) is 5.11 Å². The van der Waals surface area contributed by atoms with Crippen molar-refractivity contribution in [2.45, 2.75) is 39.3 Å². The Morgan fingerprint density at radius 3 is 2.26 bits per heavy atom. The summed E-state index contributed by atoms with van der Waals surface area (Å²) in [6, 6.07) is 3.87. The van der Waals surface area contributed by atoms with Gasteiger partial charge in [0.1, 0.15) is 0 Å². The van der Waals surface area contributed by atoms with Gasteiger partial charge in [-0.25, -0.2) is 0 Å². The number of benzene rings is 1. The van der Waals surface area contributed by atoms with Gasteiger partial charge in [-0.1, -0.05) is 36.7 Å². The van der Waals surface area contributed by atoms with Crippen molar-refractivity contribution in [3.8, 4) is 0 Å². The lowest BCUT2D eigenvalue weighted by molar-refractivity contribution is 0.0517. The van der Waals surface area contributed by atoms with Crippen LogP contribution in [0.1, 0.15) is 38.9 Å². The predicted molar refractivity (Wildman–Crippen MR) is 88.2 cm³/mol. The van der Waals surface area contributed by atoms with Crippen molar-refractivity contribution >= 4 is 37.5 Å². The molecule has 2 unspecified atom stereocenters. The van der Waals surface area contributed by atoms with E-state index in [-0.39, 0.29) is 6.04 Å². The van der Waals surface area contributed by atoms with Gasteiger partial charge in [0.25, 0.3) is 0 Å². The van der Waals surface area contributed by atoms with E-state index in [1.165, 1.54) is 0 Å². The molecule has 0 spiro atoms. The smallest absolute Gasteiger partial charge is 0.0965 e. The highest BCUT2D eigenvalue weighted by Gasteiger charge is 2.26. The van der Waals surface area contributed by atoms with Crippen LogP contribution >= 0.6 is 31.9 Å². The Morgan fingerprint density at radius 2 is 1.79 bits per heavy atom. The first-order chi connectivity index (χ1) is 8.96. The SMILES string of the molecule is CCC(C(O)c1cc(Br)cc(Br)c1N)N(CC)CC. The van der Waals surface area contributed by atoms with E-state index < -0.39 is 6.10 Å². The second-order valence-electron chi connectivity index (χ2n) is 4.53. The molecular weight excluding hydrogens is 372 g/mol. The number of halogens is 2. The zero-order valence-electron chi connectivity index (χ0n) is 11.7. The number of anilines is 1. The van der Waals surface area contributed by atoms with Crippen molar-refractivity contribution in [3.05, 3.63) is 26.6 Å². The summed E-state index contributed by atoms with van der Waals surface area (Å²) < 4.78 is 1.72. The van der Waals surface area contributed by atoms with Gasteiger partial charge in [0, 0.05) is 20.6 Å². The largest absolute Gasteiger partial charge is 0.398 e. The summed E-state index contributed by atoms with van der Waals surface area (Å²) in [7, 11) is 0. The maximum absolute atomic E-state index is 10.7. The van der Waals surface area contributed by atoms with Crippen molar-refractivity contribution in [3.63, 3.8) is 0 Å². The van der Waals surface area contributed by atoms with Gasteiger partial charge in [-0.15, -0.1) is 0 Å². The summed E-state index contributed by atoms with van der Waals surface area (Å²) >= 11 is 6.88. The number of rotatable bonds is 6. The Bertz CT molecular complexity index is 422. The molecule has 0 radical (unpaired) electrons. The van der Waals surface area contributed by atoms with E-state index in [1.807, 2.05) is 12.1 Å². The highest BCUT2D eigenvalue weighted by molar-refractivity contribution is 9.11. The van der Waals surface area contributed by atoms with Crippen molar-refractivity contribution < 1.29 is 5.11 Å². The van der Waals surface area contributed by atoms with Crippen molar-refractivity contribution in [1.29, 1.82) is 0 Å². The van der Waals surface area contributed by atoms with Crippen LogP contribution in [-0.2, 0) is 0 Å². The van der Waals surface area contributed by atoms with E-state index in [0.717, 1.165) is 34.0 Å². The van der Waals surface area contributed by atoms with Crippen LogP contribution in [0.15, 0.2) is 21.1 Å². The van der Waals surface area contributed by atoms with Gasteiger partial charge in [-0.3, -0.25) is 4.90 Å². The number of hydrogen-bond donors (Lipinski definition) is 2. The molecule has 108 valence electrons. The van der Waals surface area contributed by atoms with Crippen LogP contribution in [0, 0.1) is 0 Å². The maximum Gasteiger partial charge on any atom is 0.0965 e. The number of nitrogen functional groups attached to an aromatic ring is 1. The van der Waals surface area contributed by atoms with Gasteiger partial charge < -0.3 is 10.8 Å². The Hall–Kier alpha value is -0.100. The predicted octanol–water partition coefficient (Wildman–Crippen LogP) is 3.95. The molecule has 2 atom stereocenters. The molecular formula is C14H22Br2N2O. The fourth-order valence-electron chi connectivity index (χ4n) is 2.43. The highest BCUT2D eigenvalue weighted by atomic mass is 79.9. The minimum absolute atomic E-state index is 0.0819. The van der Waals surface area contributed by atoms with E-state index in [0.29, 0.717) is 5.69 Å². The van der Waals surface area contributed by atoms with Crippen LogP contribution < -0.4 is 5.73 Å². The summed E-state index contributed by atoms with van der Waals surface area (Å²) in [5.74, 6) is 0. The molecule has 0 saturated carbocycles. The van der Waals surface area contributed by atoms with Crippen LogP contribution in [0.3, 0.4) is 0 Å². The number of nitrogens with two attached hydrogens (primary N) is 1.